The van der Waals surface area contributed by atoms with Crippen molar-refractivity contribution in [2.45, 2.75) is 13.8 Å². The highest BCUT2D eigenvalue weighted by Crippen LogP contribution is 2.30. The molecular weight excluding hydrogens is 280 g/mol. The average Bonchev–Trinajstić information content (AvgIpc) is 2.27. The lowest BCUT2D eigenvalue weighted by Gasteiger charge is -2.08. The van der Waals surface area contributed by atoms with E-state index in [1.807, 2.05) is 32.0 Å². The quantitative estimate of drug-likeness (QED) is 0.915. The summed E-state index contributed by atoms with van der Waals surface area (Å²) in [6, 6.07) is 7.60. The highest BCUT2D eigenvalue weighted by molar-refractivity contribution is 9.10. The molecule has 0 amide bonds. The fourth-order valence-electron chi connectivity index (χ4n) is 1.38. The van der Waals surface area contributed by atoms with Gasteiger partial charge in [0.25, 0.3) is 0 Å². The van der Waals surface area contributed by atoms with Crippen molar-refractivity contribution in [3.05, 3.63) is 46.1 Å². The van der Waals surface area contributed by atoms with Crippen LogP contribution in [0, 0.1) is 13.8 Å². The SMILES string of the molecule is Cc1ccc(Oc2cc(N)c(C)cn2)c(Br)c1. The number of benzene rings is 1. The van der Waals surface area contributed by atoms with Gasteiger partial charge in [-0.05, 0) is 53.0 Å². The second kappa shape index (κ2) is 4.75. The Morgan fingerprint density at radius 1 is 1.24 bits per heavy atom. The summed E-state index contributed by atoms with van der Waals surface area (Å²) in [4.78, 5) is 4.17. The van der Waals surface area contributed by atoms with Gasteiger partial charge in [0.2, 0.25) is 5.88 Å². The minimum atomic E-state index is 0.498. The molecule has 2 rings (SSSR count). The lowest BCUT2D eigenvalue weighted by atomic mass is 10.2. The Morgan fingerprint density at radius 3 is 2.65 bits per heavy atom. The van der Waals surface area contributed by atoms with Crippen molar-refractivity contribution in [1.82, 2.24) is 4.98 Å². The number of rotatable bonds is 2. The van der Waals surface area contributed by atoms with Gasteiger partial charge in [-0.2, -0.15) is 0 Å². The maximum atomic E-state index is 5.80. The van der Waals surface area contributed by atoms with Crippen LogP contribution in [0.15, 0.2) is 34.9 Å². The van der Waals surface area contributed by atoms with Crippen LogP contribution >= 0.6 is 15.9 Å². The van der Waals surface area contributed by atoms with E-state index in [0.717, 1.165) is 15.8 Å². The number of ether oxygens (including phenoxy) is 1. The van der Waals surface area contributed by atoms with E-state index in [2.05, 4.69) is 20.9 Å². The van der Waals surface area contributed by atoms with Gasteiger partial charge in [0.1, 0.15) is 5.75 Å². The molecule has 2 aromatic rings. The highest BCUT2D eigenvalue weighted by atomic mass is 79.9. The molecule has 0 bridgehead atoms. The third-order valence-electron chi connectivity index (χ3n) is 2.42. The number of hydrogen-bond donors (Lipinski definition) is 1. The summed E-state index contributed by atoms with van der Waals surface area (Å²) in [7, 11) is 0. The van der Waals surface area contributed by atoms with Crippen LogP contribution in [-0.2, 0) is 0 Å². The zero-order valence-electron chi connectivity index (χ0n) is 9.70. The van der Waals surface area contributed by atoms with Crippen LogP contribution in [0.3, 0.4) is 0 Å². The zero-order chi connectivity index (χ0) is 12.4. The Kier molecular flexibility index (Phi) is 3.33. The number of aryl methyl sites for hydroxylation is 2. The molecule has 0 fully saturated rings. The van der Waals surface area contributed by atoms with Crippen molar-refractivity contribution in [3.63, 3.8) is 0 Å². The van der Waals surface area contributed by atoms with Crippen molar-refractivity contribution in [2.75, 3.05) is 5.73 Å². The van der Waals surface area contributed by atoms with Crippen LogP contribution < -0.4 is 10.5 Å². The topological polar surface area (TPSA) is 48.1 Å². The molecule has 0 atom stereocenters. The molecule has 0 unspecified atom stereocenters. The second-order valence-corrected chi connectivity index (χ2v) is 4.77. The number of nitrogen functional groups attached to an aromatic ring is 1. The molecule has 17 heavy (non-hydrogen) atoms. The van der Waals surface area contributed by atoms with Crippen LogP contribution in [0.5, 0.6) is 11.6 Å². The minimum absolute atomic E-state index is 0.498. The third-order valence-corrected chi connectivity index (χ3v) is 3.04. The van der Waals surface area contributed by atoms with E-state index in [9.17, 15) is 0 Å². The van der Waals surface area contributed by atoms with Crippen LogP contribution in [0.1, 0.15) is 11.1 Å². The molecule has 0 saturated carbocycles. The Morgan fingerprint density at radius 2 is 2.00 bits per heavy atom. The first-order chi connectivity index (χ1) is 8.06. The fraction of sp³-hybridized carbons (Fsp3) is 0.154. The smallest absolute Gasteiger partial charge is 0.221 e. The van der Waals surface area contributed by atoms with Crippen molar-refractivity contribution < 1.29 is 4.74 Å². The number of hydrogen-bond acceptors (Lipinski definition) is 3. The molecule has 0 aliphatic rings. The van der Waals surface area contributed by atoms with Gasteiger partial charge < -0.3 is 10.5 Å². The van der Waals surface area contributed by atoms with Gasteiger partial charge >= 0.3 is 0 Å². The molecule has 0 saturated heterocycles. The largest absolute Gasteiger partial charge is 0.438 e. The summed E-state index contributed by atoms with van der Waals surface area (Å²) < 4.78 is 6.56. The molecular formula is C13H13BrN2O. The fourth-order valence-corrected chi connectivity index (χ4v) is 1.95. The third kappa shape index (κ3) is 2.77. The van der Waals surface area contributed by atoms with Crippen molar-refractivity contribution in [2.24, 2.45) is 0 Å². The summed E-state index contributed by atoms with van der Waals surface area (Å²) in [5, 5.41) is 0. The normalized spacial score (nSPS) is 10.3. The summed E-state index contributed by atoms with van der Waals surface area (Å²) in [5.74, 6) is 1.23. The number of aromatic nitrogens is 1. The van der Waals surface area contributed by atoms with Crippen molar-refractivity contribution in [3.8, 4) is 11.6 Å². The highest BCUT2D eigenvalue weighted by Gasteiger charge is 2.05. The predicted molar refractivity (Wildman–Crippen MR) is 72.3 cm³/mol. The predicted octanol–water partition coefficient (Wildman–Crippen LogP) is 3.84. The van der Waals surface area contributed by atoms with E-state index in [4.69, 9.17) is 10.5 Å². The van der Waals surface area contributed by atoms with Gasteiger partial charge in [-0.3, -0.25) is 0 Å². The monoisotopic (exact) mass is 292 g/mol. The number of nitrogens with zero attached hydrogens (tertiary/aromatic N) is 1. The van der Waals surface area contributed by atoms with E-state index in [0.29, 0.717) is 11.6 Å². The molecule has 1 heterocycles. The van der Waals surface area contributed by atoms with Crippen LogP contribution in [0.25, 0.3) is 0 Å². The summed E-state index contributed by atoms with van der Waals surface area (Å²) in [6.07, 6.45) is 1.70. The van der Waals surface area contributed by atoms with E-state index in [1.54, 1.807) is 12.3 Å². The Bertz CT molecular complexity index is 555. The lowest BCUT2D eigenvalue weighted by Crippen LogP contribution is -1.94. The summed E-state index contributed by atoms with van der Waals surface area (Å²) in [5.41, 5.74) is 8.60. The number of anilines is 1. The van der Waals surface area contributed by atoms with Crippen LogP contribution in [0.4, 0.5) is 5.69 Å². The van der Waals surface area contributed by atoms with Gasteiger partial charge in [0.15, 0.2) is 0 Å². The molecule has 1 aromatic carbocycles. The maximum Gasteiger partial charge on any atom is 0.221 e. The molecule has 3 nitrogen and oxygen atoms in total. The molecule has 0 aliphatic heterocycles. The van der Waals surface area contributed by atoms with Gasteiger partial charge in [-0.1, -0.05) is 6.07 Å². The molecule has 0 spiro atoms. The van der Waals surface area contributed by atoms with E-state index >= 15 is 0 Å². The standard InChI is InChI=1S/C13H13BrN2O/c1-8-3-4-12(10(14)5-8)17-13-6-11(15)9(2)7-16-13/h3-7H,1-2H3,(H2,15,16). The van der Waals surface area contributed by atoms with Crippen molar-refractivity contribution >= 4 is 21.6 Å². The molecule has 4 heteroatoms. The molecule has 88 valence electrons. The Labute approximate surface area is 109 Å². The molecule has 0 radical (unpaired) electrons. The molecule has 2 N–H and O–H groups in total. The van der Waals surface area contributed by atoms with Gasteiger partial charge in [0, 0.05) is 18.0 Å². The van der Waals surface area contributed by atoms with E-state index in [-0.39, 0.29) is 0 Å². The summed E-state index contributed by atoms with van der Waals surface area (Å²) >= 11 is 3.45. The van der Waals surface area contributed by atoms with Gasteiger partial charge in [-0.25, -0.2) is 4.98 Å². The first kappa shape index (κ1) is 11.9. The second-order valence-electron chi connectivity index (χ2n) is 3.92. The Hall–Kier alpha value is -1.55. The first-order valence-electron chi connectivity index (χ1n) is 5.22. The van der Waals surface area contributed by atoms with Crippen molar-refractivity contribution in [1.29, 1.82) is 0 Å². The van der Waals surface area contributed by atoms with Crippen LogP contribution in [-0.4, -0.2) is 4.98 Å². The van der Waals surface area contributed by atoms with E-state index in [1.165, 1.54) is 5.56 Å². The lowest BCUT2D eigenvalue weighted by molar-refractivity contribution is 0.460. The van der Waals surface area contributed by atoms with Gasteiger partial charge in [0.05, 0.1) is 4.47 Å². The van der Waals surface area contributed by atoms with E-state index < -0.39 is 0 Å². The first-order valence-corrected chi connectivity index (χ1v) is 6.01. The molecule has 1 aromatic heterocycles. The Balaban J connectivity index is 2.28. The number of pyridine rings is 1. The summed E-state index contributed by atoms with van der Waals surface area (Å²) in [6.45, 7) is 3.94. The number of nitrogens with two attached hydrogens (primary N) is 1. The molecule has 0 aliphatic carbocycles. The average molecular weight is 293 g/mol. The maximum absolute atomic E-state index is 5.80. The van der Waals surface area contributed by atoms with Gasteiger partial charge in [-0.15, -0.1) is 0 Å². The minimum Gasteiger partial charge on any atom is -0.438 e. The number of halogens is 1. The van der Waals surface area contributed by atoms with Crippen LogP contribution in [0.2, 0.25) is 0 Å². The zero-order valence-corrected chi connectivity index (χ0v) is 11.3.